The van der Waals surface area contributed by atoms with Crippen molar-refractivity contribution in [2.24, 2.45) is 0 Å². The lowest BCUT2D eigenvalue weighted by Crippen LogP contribution is -2.49. The lowest BCUT2D eigenvalue weighted by Gasteiger charge is -2.35. The molecule has 11 heteroatoms. The molecule has 1 aliphatic rings. The number of hydrogen-bond donors (Lipinski definition) is 1. The van der Waals surface area contributed by atoms with Crippen LogP contribution < -0.4 is 4.90 Å². The molecular formula is C17H18ClFN4O4S. The molecule has 28 heavy (non-hydrogen) atoms. The zero-order valence-corrected chi connectivity index (χ0v) is 16.8. The van der Waals surface area contributed by atoms with Crippen LogP contribution in [0.4, 0.5) is 10.2 Å². The molecule has 1 saturated heterocycles. The first-order valence-electron chi connectivity index (χ1n) is 8.38. The molecule has 150 valence electrons. The van der Waals surface area contributed by atoms with Gasteiger partial charge in [-0.05, 0) is 26.0 Å². The first-order chi connectivity index (χ1) is 13.1. The standard InChI is InChI=1S/C17H18ClFN4O4S/c1-10-11(2)20-9-21-16(10)22-3-5-23(6-4-22)28(26,27)15-7-12(17(24)25)13(18)8-14(15)19/h7-9H,3-6H2,1-2H3,(H,24,25). The topological polar surface area (TPSA) is 104 Å². The van der Waals surface area contributed by atoms with Gasteiger partial charge in [-0.1, -0.05) is 11.6 Å². The van der Waals surface area contributed by atoms with Gasteiger partial charge in [-0.3, -0.25) is 0 Å². The summed E-state index contributed by atoms with van der Waals surface area (Å²) in [7, 11) is -4.21. The van der Waals surface area contributed by atoms with E-state index in [9.17, 15) is 17.6 Å². The van der Waals surface area contributed by atoms with Crippen LogP contribution >= 0.6 is 11.6 Å². The van der Waals surface area contributed by atoms with E-state index in [1.165, 1.54) is 6.33 Å². The molecule has 1 aromatic heterocycles. The van der Waals surface area contributed by atoms with Crippen LogP contribution in [-0.4, -0.2) is 59.9 Å². The Morgan fingerprint density at radius 2 is 1.82 bits per heavy atom. The predicted octanol–water partition coefficient (Wildman–Crippen LogP) is 2.10. The van der Waals surface area contributed by atoms with E-state index >= 15 is 0 Å². The second kappa shape index (κ2) is 7.61. The quantitative estimate of drug-likeness (QED) is 0.795. The number of aromatic nitrogens is 2. The van der Waals surface area contributed by atoms with Gasteiger partial charge < -0.3 is 10.0 Å². The van der Waals surface area contributed by atoms with Crippen LogP contribution in [0.1, 0.15) is 21.6 Å². The summed E-state index contributed by atoms with van der Waals surface area (Å²) in [6, 6.07) is 1.47. The zero-order chi connectivity index (χ0) is 20.6. The predicted molar refractivity (Wildman–Crippen MR) is 101 cm³/mol. The van der Waals surface area contributed by atoms with Gasteiger partial charge in [0.1, 0.15) is 22.9 Å². The van der Waals surface area contributed by atoms with Crippen molar-refractivity contribution < 1.29 is 22.7 Å². The van der Waals surface area contributed by atoms with Crippen LogP contribution in [0, 0.1) is 19.7 Å². The first-order valence-corrected chi connectivity index (χ1v) is 10.2. The molecule has 1 aromatic carbocycles. The van der Waals surface area contributed by atoms with Crippen molar-refractivity contribution in [2.75, 3.05) is 31.1 Å². The fourth-order valence-corrected chi connectivity index (χ4v) is 4.74. The smallest absolute Gasteiger partial charge is 0.337 e. The van der Waals surface area contributed by atoms with Crippen LogP contribution in [-0.2, 0) is 10.0 Å². The van der Waals surface area contributed by atoms with E-state index in [-0.39, 0.29) is 18.1 Å². The Morgan fingerprint density at radius 1 is 1.18 bits per heavy atom. The summed E-state index contributed by atoms with van der Waals surface area (Å²) in [5.74, 6) is -1.78. The summed E-state index contributed by atoms with van der Waals surface area (Å²) in [5.41, 5.74) is 1.28. The van der Waals surface area contributed by atoms with Gasteiger partial charge in [0.25, 0.3) is 0 Å². The number of benzene rings is 1. The normalized spacial score (nSPS) is 15.6. The van der Waals surface area contributed by atoms with E-state index in [0.717, 1.165) is 27.4 Å². The van der Waals surface area contributed by atoms with Gasteiger partial charge in [0.15, 0.2) is 0 Å². The highest BCUT2D eigenvalue weighted by atomic mass is 35.5. The second-order valence-electron chi connectivity index (χ2n) is 6.37. The first kappa shape index (κ1) is 20.4. The number of rotatable bonds is 4. The minimum absolute atomic E-state index is 0.106. The Hall–Kier alpha value is -2.30. The van der Waals surface area contributed by atoms with E-state index in [0.29, 0.717) is 19.2 Å². The Morgan fingerprint density at radius 3 is 2.43 bits per heavy atom. The minimum atomic E-state index is -4.21. The van der Waals surface area contributed by atoms with Crippen LogP contribution in [0.2, 0.25) is 5.02 Å². The Kier molecular flexibility index (Phi) is 5.55. The highest BCUT2D eigenvalue weighted by Crippen LogP contribution is 2.28. The van der Waals surface area contributed by atoms with Crippen molar-refractivity contribution in [3.8, 4) is 0 Å². The van der Waals surface area contributed by atoms with Crippen molar-refractivity contribution in [2.45, 2.75) is 18.7 Å². The number of carboxylic acids is 1. The Bertz CT molecular complexity index is 1040. The largest absolute Gasteiger partial charge is 0.478 e. The molecule has 3 rings (SSSR count). The summed E-state index contributed by atoms with van der Waals surface area (Å²) in [6.45, 7) is 4.69. The average Bonchev–Trinajstić information content (AvgIpc) is 2.63. The number of halogens is 2. The lowest BCUT2D eigenvalue weighted by atomic mass is 10.2. The van der Waals surface area contributed by atoms with Crippen molar-refractivity contribution >= 4 is 33.4 Å². The van der Waals surface area contributed by atoms with Crippen LogP contribution in [0.3, 0.4) is 0 Å². The number of anilines is 1. The molecule has 2 aromatic rings. The number of carbonyl (C=O) groups is 1. The number of nitrogens with zero attached hydrogens (tertiary/aromatic N) is 4. The Labute approximate surface area is 166 Å². The maximum atomic E-state index is 14.3. The van der Waals surface area contributed by atoms with Gasteiger partial charge in [0.2, 0.25) is 10.0 Å². The third-order valence-electron chi connectivity index (χ3n) is 4.72. The van der Waals surface area contributed by atoms with Gasteiger partial charge in [-0.25, -0.2) is 27.6 Å². The second-order valence-corrected chi connectivity index (χ2v) is 8.68. The Balaban J connectivity index is 1.85. The van der Waals surface area contributed by atoms with Gasteiger partial charge in [-0.15, -0.1) is 0 Å². The number of carboxylic acid groups (broad SMARTS) is 1. The van der Waals surface area contributed by atoms with Crippen molar-refractivity contribution in [3.63, 3.8) is 0 Å². The third-order valence-corrected chi connectivity index (χ3v) is 6.94. The lowest BCUT2D eigenvalue weighted by molar-refractivity contribution is 0.0696. The molecule has 0 saturated carbocycles. The highest BCUT2D eigenvalue weighted by molar-refractivity contribution is 7.89. The molecule has 0 amide bonds. The van der Waals surface area contributed by atoms with E-state index in [1.807, 2.05) is 18.7 Å². The maximum absolute atomic E-state index is 14.3. The average molecular weight is 429 g/mol. The van der Waals surface area contributed by atoms with Crippen molar-refractivity contribution in [1.29, 1.82) is 0 Å². The van der Waals surface area contributed by atoms with Gasteiger partial charge in [0, 0.05) is 37.4 Å². The summed E-state index contributed by atoms with van der Waals surface area (Å²) in [4.78, 5) is 20.9. The summed E-state index contributed by atoms with van der Waals surface area (Å²) < 4.78 is 41.1. The SMILES string of the molecule is Cc1ncnc(N2CCN(S(=O)(=O)c3cc(C(=O)O)c(Cl)cc3F)CC2)c1C. The molecular weight excluding hydrogens is 411 g/mol. The summed E-state index contributed by atoms with van der Waals surface area (Å²) >= 11 is 5.70. The molecule has 0 spiro atoms. The molecule has 0 unspecified atom stereocenters. The molecule has 0 radical (unpaired) electrons. The van der Waals surface area contributed by atoms with E-state index < -0.39 is 32.3 Å². The fraction of sp³-hybridized carbons (Fsp3) is 0.353. The molecule has 1 N–H and O–H groups in total. The molecule has 0 atom stereocenters. The minimum Gasteiger partial charge on any atom is -0.478 e. The highest BCUT2D eigenvalue weighted by Gasteiger charge is 2.32. The van der Waals surface area contributed by atoms with E-state index in [1.54, 1.807) is 0 Å². The summed E-state index contributed by atoms with van der Waals surface area (Å²) in [5, 5.41) is 8.77. The third kappa shape index (κ3) is 3.67. The molecule has 0 bridgehead atoms. The van der Waals surface area contributed by atoms with Crippen LogP contribution in [0.5, 0.6) is 0 Å². The number of aryl methyl sites for hydroxylation is 1. The van der Waals surface area contributed by atoms with Crippen LogP contribution in [0.15, 0.2) is 23.4 Å². The molecule has 1 fully saturated rings. The van der Waals surface area contributed by atoms with E-state index in [4.69, 9.17) is 16.7 Å². The van der Waals surface area contributed by atoms with Crippen molar-refractivity contribution in [1.82, 2.24) is 14.3 Å². The monoisotopic (exact) mass is 428 g/mol. The van der Waals surface area contributed by atoms with Gasteiger partial charge in [0.05, 0.1) is 10.6 Å². The van der Waals surface area contributed by atoms with Gasteiger partial charge >= 0.3 is 5.97 Å². The fourth-order valence-electron chi connectivity index (χ4n) is 3.01. The molecule has 0 aliphatic carbocycles. The number of hydrogen-bond acceptors (Lipinski definition) is 6. The molecule has 8 nitrogen and oxygen atoms in total. The number of aromatic carboxylic acids is 1. The maximum Gasteiger partial charge on any atom is 0.337 e. The van der Waals surface area contributed by atoms with Crippen molar-refractivity contribution in [3.05, 3.63) is 46.1 Å². The summed E-state index contributed by atoms with van der Waals surface area (Å²) in [6.07, 6.45) is 1.46. The van der Waals surface area contributed by atoms with E-state index in [2.05, 4.69) is 9.97 Å². The number of sulfonamides is 1. The number of piperazine rings is 1. The zero-order valence-electron chi connectivity index (χ0n) is 15.2. The van der Waals surface area contributed by atoms with Gasteiger partial charge in [-0.2, -0.15) is 4.31 Å². The molecule has 2 heterocycles. The van der Waals surface area contributed by atoms with Crippen LogP contribution in [0.25, 0.3) is 0 Å². The molecule has 1 aliphatic heterocycles.